The van der Waals surface area contributed by atoms with Gasteiger partial charge in [-0.15, -0.1) is 0 Å². The molecule has 1 aliphatic carbocycles. The molecule has 0 aliphatic heterocycles. The number of aromatic nitrogens is 2. The first kappa shape index (κ1) is 18.7. The predicted octanol–water partition coefficient (Wildman–Crippen LogP) is 5.07. The Labute approximate surface area is 165 Å². The fourth-order valence-electron chi connectivity index (χ4n) is 3.06. The summed E-state index contributed by atoms with van der Waals surface area (Å²) >= 11 is 6.03. The molecule has 146 valence electrons. The largest absolute Gasteiger partial charge is 0.494 e. The van der Waals surface area contributed by atoms with E-state index in [0.717, 1.165) is 24.8 Å². The highest BCUT2D eigenvalue weighted by molar-refractivity contribution is 6.30. The molecule has 4 rings (SSSR count). The van der Waals surface area contributed by atoms with Gasteiger partial charge in [0.25, 0.3) is 0 Å². The predicted molar refractivity (Wildman–Crippen MR) is 104 cm³/mol. The number of fused-ring (bicyclic) bond motifs is 1. The molecule has 0 atom stereocenters. The Bertz CT molecular complexity index is 1030. The van der Waals surface area contributed by atoms with Gasteiger partial charge in [-0.25, -0.2) is 18.7 Å². The number of methoxy groups -OCH3 is 2. The Hall–Kier alpha value is -2.67. The van der Waals surface area contributed by atoms with E-state index in [9.17, 15) is 8.78 Å². The van der Waals surface area contributed by atoms with Crippen molar-refractivity contribution in [1.29, 1.82) is 0 Å². The zero-order valence-corrected chi connectivity index (χ0v) is 16.1. The third-order valence-corrected chi connectivity index (χ3v) is 4.97. The summed E-state index contributed by atoms with van der Waals surface area (Å²) in [5.74, 6) is -0.855. The minimum absolute atomic E-state index is 0.113. The third-order valence-electron chi connectivity index (χ3n) is 4.77. The quantitative estimate of drug-likeness (QED) is 0.580. The Morgan fingerprint density at radius 1 is 1.11 bits per heavy atom. The van der Waals surface area contributed by atoms with Gasteiger partial charge in [0, 0.05) is 29.6 Å². The molecule has 1 fully saturated rings. The van der Waals surface area contributed by atoms with Crippen molar-refractivity contribution in [2.75, 3.05) is 26.1 Å². The van der Waals surface area contributed by atoms with Crippen molar-refractivity contribution in [1.82, 2.24) is 9.97 Å². The van der Waals surface area contributed by atoms with E-state index in [1.54, 1.807) is 18.3 Å². The number of halogens is 3. The van der Waals surface area contributed by atoms with Crippen LogP contribution in [-0.4, -0.2) is 30.7 Å². The van der Waals surface area contributed by atoms with Crippen LogP contribution in [0.1, 0.15) is 12.8 Å². The molecule has 0 saturated heterocycles. The molecule has 1 N–H and O–H groups in total. The van der Waals surface area contributed by atoms with Gasteiger partial charge in [0.1, 0.15) is 11.0 Å². The van der Waals surface area contributed by atoms with E-state index in [4.69, 9.17) is 21.1 Å². The number of anilines is 1. The fraction of sp³-hybridized carbons (Fsp3) is 0.300. The molecule has 8 heteroatoms. The number of ether oxygens (including phenoxy) is 2. The topological polar surface area (TPSA) is 56.3 Å². The third kappa shape index (κ3) is 3.42. The summed E-state index contributed by atoms with van der Waals surface area (Å²) in [4.78, 5) is 8.57. The highest BCUT2D eigenvalue weighted by Gasteiger charge is 2.25. The van der Waals surface area contributed by atoms with E-state index in [2.05, 4.69) is 15.3 Å². The molecule has 3 aromatic rings. The van der Waals surface area contributed by atoms with E-state index in [1.165, 1.54) is 20.3 Å². The van der Waals surface area contributed by atoms with Crippen LogP contribution in [0.2, 0.25) is 5.15 Å². The van der Waals surface area contributed by atoms with Crippen molar-refractivity contribution < 1.29 is 18.3 Å². The van der Waals surface area contributed by atoms with Crippen molar-refractivity contribution in [2.24, 2.45) is 5.92 Å². The summed E-state index contributed by atoms with van der Waals surface area (Å²) < 4.78 is 39.9. The van der Waals surface area contributed by atoms with Crippen LogP contribution in [0, 0.1) is 17.6 Å². The first-order chi connectivity index (χ1) is 13.5. The number of hydrogen-bond donors (Lipinski definition) is 1. The van der Waals surface area contributed by atoms with E-state index in [1.807, 2.05) is 0 Å². The summed E-state index contributed by atoms with van der Waals surface area (Å²) in [5.41, 5.74) is -0.204. The summed E-state index contributed by atoms with van der Waals surface area (Å²) in [6.45, 7) is 0.734. The van der Waals surface area contributed by atoms with Crippen LogP contribution in [0.4, 0.5) is 14.6 Å². The zero-order chi connectivity index (χ0) is 19.8. The molecule has 28 heavy (non-hydrogen) atoms. The van der Waals surface area contributed by atoms with Crippen molar-refractivity contribution >= 4 is 28.2 Å². The molecule has 0 unspecified atom stereocenters. The van der Waals surface area contributed by atoms with E-state index >= 15 is 0 Å². The van der Waals surface area contributed by atoms with Crippen LogP contribution in [0.5, 0.6) is 11.5 Å². The standard InChI is InChI=1S/C20H18ClF2N3O2/c1-27-14-7-15(28-2)19(23)17(18(14)22)13-5-11-9-24-16(21)6-12(11)20(26-13)25-8-10-3-4-10/h5-7,9-10H,3-4,8H2,1-2H3,(H,25,26). The lowest BCUT2D eigenvalue weighted by Gasteiger charge is -2.15. The average Bonchev–Trinajstić information content (AvgIpc) is 3.51. The second-order valence-electron chi connectivity index (χ2n) is 6.69. The molecule has 0 spiro atoms. The molecule has 1 aliphatic rings. The van der Waals surface area contributed by atoms with Crippen molar-refractivity contribution in [3.05, 3.63) is 41.2 Å². The normalized spacial score (nSPS) is 13.6. The van der Waals surface area contributed by atoms with Gasteiger partial charge in [-0.05, 0) is 30.9 Å². The molecule has 2 aromatic heterocycles. The van der Waals surface area contributed by atoms with Crippen LogP contribution in [0.25, 0.3) is 22.0 Å². The lowest BCUT2D eigenvalue weighted by Crippen LogP contribution is -2.07. The molecule has 1 saturated carbocycles. The van der Waals surface area contributed by atoms with Gasteiger partial charge in [-0.3, -0.25) is 0 Å². The Kier molecular flexibility index (Phi) is 4.93. The summed E-state index contributed by atoms with van der Waals surface area (Å²) in [6, 6.07) is 4.42. The average molecular weight is 406 g/mol. The van der Waals surface area contributed by atoms with Gasteiger partial charge in [0.2, 0.25) is 0 Å². The maximum Gasteiger partial charge on any atom is 0.177 e. The van der Waals surface area contributed by atoms with Crippen molar-refractivity contribution in [2.45, 2.75) is 12.8 Å². The lowest BCUT2D eigenvalue weighted by atomic mass is 10.1. The maximum atomic E-state index is 14.9. The van der Waals surface area contributed by atoms with E-state index in [-0.39, 0.29) is 22.8 Å². The Balaban J connectivity index is 1.92. The first-order valence-electron chi connectivity index (χ1n) is 8.82. The number of hydrogen-bond acceptors (Lipinski definition) is 5. The number of nitrogens with one attached hydrogen (secondary N) is 1. The van der Waals surface area contributed by atoms with Gasteiger partial charge in [-0.2, -0.15) is 0 Å². The van der Waals surface area contributed by atoms with Gasteiger partial charge >= 0.3 is 0 Å². The highest BCUT2D eigenvalue weighted by atomic mass is 35.5. The lowest BCUT2D eigenvalue weighted by molar-refractivity contribution is 0.359. The van der Waals surface area contributed by atoms with Crippen molar-refractivity contribution in [3.63, 3.8) is 0 Å². The highest BCUT2D eigenvalue weighted by Crippen LogP contribution is 2.39. The molecular weight excluding hydrogens is 388 g/mol. The minimum Gasteiger partial charge on any atom is -0.494 e. The number of pyridine rings is 2. The monoisotopic (exact) mass is 405 g/mol. The molecule has 0 bridgehead atoms. The zero-order valence-electron chi connectivity index (χ0n) is 15.4. The van der Waals surface area contributed by atoms with Crippen LogP contribution in [-0.2, 0) is 0 Å². The van der Waals surface area contributed by atoms with Crippen molar-refractivity contribution in [3.8, 4) is 22.8 Å². The van der Waals surface area contributed by atoms with Gasteiger partial charge in [0.15, 0.2) is 23.1 Å². The van der Waals surface area contributed by atoms with Crippen LogP contribution >= 0.6 is 11.6 Å². The SMILES string of the molecule is COc1cc(OC)c(F)c(-c2cc3cnc(Cl)cc3c(NCC3CC3)n2)c1F. The number of rotatable bonds is 6. The Morgan fingerprint density at radius 2 is 1.79 bits per heavy atom. The van der Waals surface area contributed by atoms with Gasteiger partial charge in [-0.1, -0.05) is 11.6 Å². The molecular formula is C20H18ClF2N3O2. The maximum absolute atomic E-state index is 14.9. The summed E-state index contributed by atoms with van der Waals surface area (Å²) in [6.07, 6.45) is 3.87. The smallest absolute Gasteiger partial charge is 0.177 e. The molecule has 2 heterocycles. The molecule has 5 nitrogen and oxygen atoms in total. The number of nitrogens with zero attached hydrogens (tertiary/aromatic N) is 2. The van der Waals surface area contributed by atoms with E-state index in [0.29, 0.717) is 22.3 Å². The van der Waals surface area contributed by atoms with Gasteiger partial charge in [0.05, 0.1) is 25.5 Å². The summed E-state index contributed by atoms with van der Waals surface area (Å²) in [5, 5.41) is 4.99. The molecule has 0 amide bonds. The second kappa shape index (κ2) is 7.39. The van der Waals surface area contributed by atoms with Gasteiger partial charge < -0.3 is 14.8 Å². The van der Waals surface area contributed by atoms with Crippen LogP contribution < -0.4 is 14.8 Å². The number of benzene rings is 1. The Morgan fingerprint density at radius 3 is 2.39 bits per heavy atom. The first-order valence-corrected chi connectivity index (χ1v) is 9.20. The van der Waals surface area contributed by atoms with E-state index < -0.39 is 11.6 Å². The molecule has 1 aromatic carbocycles. The minimum atomic E-state index is -0.845. The van der Waals surface area contributed by atoms with Crippen LogP contribution in [0.3, 0.4) is 0 Å². The summed E-state index contributed by atoms with van der Waals surface area (Å²) in [7, 11) is 2.61. The fourth-order valence-corrected chi connectivity index (χ4v) is 3.22. The second-order valence-corrected chi connectivity index (χ2v) is 7.08. The molecule has 0 radical (unpaired) electrons. The van der Waals surface area contributed by atoms with Crippen LogP contribution in [0.15, 0.2) is 24.4 Å².